The van der Waals surface area contributed by atoms with Crippen molar-refractivity contribution in [2.45, 2.75) is 12.6 Å². The summed E-state index contributed by atoms with van der Waals surface area (Å²) in [5, 5.41) is 10.1. The molecule has 0 radical (unpaired) electrons. The highest BCUT2D eigenvalue weighted by molar-refractivity contribution is 5.95. The Morgan fingerprint density at radius 1 is 1.28 bits per heavy atom. The predicted molar refractivity (Wildman–Crippen MR) is 96.2 cm³/mol. The summed E-state index contributed by atoms with van der Waals surface area (Å²) >= 11 is 0. The van der Waals surface area contributed by atoms with E-state index in [2.05, 4.69) is 32.8 Å². The second-order valence-corrected chi connectivity index (χ2v) is 6.24. The molecular formula is C18H25N5O2. The van der Waals surface area contributed by atoms with Crippen molar-refractivity contribution in [3.63, 3.8) is 0 Å². The summed E-state index contributed by atoms with van der Waals surface area (Å²) in [5.74, 6) is -0.101. The van der Waals surface area contributed by atoms with Crippen LogP contribution in [0.15, 0.2) is 36.7 Å². The third-order valence-electron chi connectivity index (χ3n) is 4.34. The van der Waals surface area contributed by atoms with Gasteiger partial charge in [-0.25, -0.2) is 0 Å². The summed E-state index contributed by atoms with van der Waals surface area (Å²) in [4.78, 5) is 14.9. The predicted octanol–water partition coefficient (Wildman–Crippen LogP) is 1.15. The number of rotatable bonds is 6. The van der Waals surface area contributed by atoms with Gasteiger partial charge in [-0.15, -0.1) is 0 Å². The molecule has 134 valence electrons. The monoisotopic (exact) mass is 343 g/mol. The fraction of sp³-hybridized carbons (Fsp3) is 0.444. The number of morpholine rings is 1. The van der Waals surface area contributed by atoms with Crippen molar-refractivity contribution in [3.8, 4) is 0 Å². The van der Waals surface area contributed by atoms with Crippen LogP contribution in [0.3, 0.4) is 0 Å². The molecule has 1 aromatic heterocycles. The molecule has 1 atom stereocenters. The SMILES string of the molecule is CNC(C(=O)Nc1ccc(CN2CCOCC2)cc1)c1cnn(C)c1. The van der Waals surface area contributed by atoms with Gasteiger partial charge in [-0.3, -0.25) is 14.4 Å². The number of likely N-dealkylation sites (N-methyl/N-ethyl adjacent to an activating group) is 1. The van der Waals surface area contributed by atoms with Crippen LogP contribution in [0.25, 0.3) is 0 Å². The van der Waals surface area contributed by atoms with Crippen molar-refractivity contribution in [2.75, 3.05) is 38.7 Å². The highest BCUT2D eigenvalue weighted by Crippen LogP contribution is 2.17. The average Bonchev–Trinajstić information content (AvgIpc) is 3.04. The minimum atomic E-state index is -0.429. The number of carbonyl (C=O) groups excluding carboxylic acids is 1. The van der Waals surface area contributed by atoms with E-state index in [4.69, 9.17) is 4.74 Å². The third kappa shape index (κ3) is 4.66. The van der Waals surface area contributed by atoms with Gasteiger partial charge in [0, 0.05) is 44.1 Å². The molecule has 1 aromatic carbocycles. The number of amides is 1. The molecule has 7 heteroatoms. The Labute approximate surface area is 148 Å². The number of anilines is 1. The molecular weight excluding hydrogens is 318 g/mol. The van der Waals surface area contributed by atoms with Crippen LogP contribution in [0.1, 0.15) is 17.2 Å². The van der Waals surface area contributed by atoms with E-state index in [9.17, 15) is 4.79 Å². The summed E-state index contributed by atoms with van der Waals surface area (Å²) in [6, 6.07) is 7.59. The molecule has 1 saturated heterocycles. The van der Waals surface area contributed by atoms with Gasteiger partial charge in [0.1, 0.15) is 6.04 Å². The van der Waals surface area contributed by atoms with E-state index in [1.807, 2.05) is 25.4 Å². The molecule has 25 heavy (non-hydrogen) atoms. The van der Waals surface area contributed by atoms with Crippen molar-refractivity contribution < 1.29 is 9.53 Å². The van der Waals surface area contributed by atoms with E-state index in [0.717, 1.165) is 44.1 Å². The van der Waals surface area contributed by atoms with E-state index >= 15 is 0 Å². The maximum absolute atomic E-state index is 12.5. The van der Waals surface area contributed by atoms with E-state index in [1.54, 1.807) is 17.9 Å². The smallest absolute Gasteiger partial charge is 0.246 e. The molecule has 0 spiro atoms. The molecule has 1 aliphatic rings. The highest BCUT2D eigenvalue weighted by atomic mass is 16.5. The molecule has 7 nitrogen and oxygen atoms in total. The first-order chi connectivity index (χ1) is 12.2. The molecule has 2 N–H and O–H groups in total. The number of hydrogen-bond acceptors (Lipinski definition) is 5. The average molecular weight is 343 g/mol. The van der Waals surface area contributed by atoms with Crippen molar-refractivity contribution in [1.29, 1.82) is 0 Å². The maximum atomic E-state index is 12.5. The molecule has 2 aromatic rings. The number of hydrogen-bond donors (Lipinski definition) is 2. The second kappa shape index (κ2) is 8.24. The Bertz CT molecular complexity index is 692. The van der Waals surface area contributed by atoms with Gasteiger partial charge in [-0.05, 0) is 24.7 Å². The molecule has 0 bridgehead atoms. The van der Waals surface area contributed by atoms with Crippen molar-refractivity contribution in [3.05, 3.63) is 47.8 Å². The summed E-state index contributed by atoms with van der Waals surface area (Å²) in [7, 11) is 3.60. The van der Waals surface area contributed by atoms with E-state index in [0.29, 0.717) is 0 Å². The zero-order valence-corrected chi connectivity index (χ0v) is 14.7. The summed E-state index contributed by atoms with van der Waals surface area (Å²) in [6.45, 7) is 4.44. The van der Waals surface area contributed by atoms with Gasteiger partial charge in [0.2, 0.25) is 5.91 Å². The van der Waals surface area contributed by atoms with Crippen LogP contribution >= 0.6 is 0 Å². The van der Waals surface area contributed by atoms with E-state index < -0.39 is 6.04 Å². The van der Waals surface area contributed by atoms with Crippen molar-refractivity contribution in [1.82, 2.24) is 20.0 Å². The first-order valence-electron chi connectivity index (χ1n) is 8.51. The molecule has 1 fully saturated rings. The second-order valence-electron chi connectivity index (χ2n) is 6.24. The zero-order valence-electron chi connectivity index (χ0n) is 14.7. The van der Waals surface area contributed by atoms with Gasteiger partial charge < -0.3 is 15.4 Å². The molecule has 1 amide bonds. The standard InChI is InChI=1S/C18H25N5O2/c1-19-17(15-11-20-22(2)13-15)18(24)21-16-5-3-14(4-6-16)12-23-7-9-25-10-8-23/h3-6,11,13,17,19H,7-10,12H2,1-2H3,(H,21,24). The van der Waals surface area contributed by atoms with Crippen LogP contribution in [-0.2, 0) is 23.1 Å². The van der Waals surface area contributed by atoms with Crippen LogP contribution in [-0.4, -0.2) is 53.9 Å². The Balaban J connectivity index is 1.59. The Kier molecular flexibility index (Phi) is 5.80. The van der Waals surface area contributed by atoms with Crippen molar-refractivity contribution in [2.24, 2.45) is 7.05 Å². The minimum absolute atomic E-state index is 0.101. The number of aromatic nitrogens is 2. The molecule has 2 heterocycles. The lowest BCUT2D eigenvalue weighted by Crippen LogP contribution is -2.35. The normalized spacial score (nSPS) is 16.6. The summed E-state index contributed by atoms with van der Waals surface area (Å²) in [6.07, 6.45) is 3.54. The van der Waals surface area contributed by atoms with Crippen LogP contribution in [0, 0.1) is 0 Å². The summed E-state index contributed by atoms with van der Waals surface area (Å²) in [5.41, 5.74) is 2.86. The van der Waals surface area contributed by atoms with E-state index in [1.165, 1.54) is 5.56 Å². The highest BCUT2D eigenvalue weighted by Gasteiger charge is 2.20. The molecule has 0 aliphatic carbocycles. The van der Waals surface area contributed by atoms with Crippen LogP contribution in [0.5, 0.6) is 0 Å². The topological polar surface area (TPSA) is 71.4 Å². The van der Waals surface area contributed by atoms with Gasteiger partial charge in [0.15, 0.2) is 0 Å². The Hall–Kier alpha value is -2.22. The maximum Gasteiger partial charge on any atom is 0.246 e. The van der Waals surface area contributed by atoms with Gasteiger partial charge in [-0.1, -0.05) is 12.1 Å². The van der Waals surface area contributed by atoms with E-state index in [-0.39, 0.29) is 5.91 Å². The van der Waals surface area contributed by atoms with Crippen LogP contribution in [0.4, 0.5) is 5.69 Å². The van der Waals surface area contributed by atoms with Gasteiger partial charge in [0.25, 0.3) is 0 Å². The third-order valence-corrected chi connectivity index (χ3v) is 4.34. The lowest BCUT2D eigenvalue weighted by molar-refractivity contribution is -0.118. The van der Waals surface area contributed by atoms with Gasteiger partial charge in [0.05, 0.1) is 19.4 Å². The molecule has 1 aliphatic heterocycles. The lowest BCUT2D eigenvalue weighted by Gasteiger charge is -2.26. The first kappa shape index (κ1) is 17.6. The number of carbonyl (C=O) groups is 1. The zero-order chi connectivity index (χ0) is 17.6. The fourth-order valence-corrected chi connectivity index (χ4v) is 2.96. The minimum Gasteiger partial charge on any atom is -0.379 e. The first-order valence-corrected chi connectivity index (χ1v) is 8.51. The number of aryl methyl sites for hydroxylation is 1. The van der Waals surface area contributed by atoms with Gasteiger partial charge >= 0.3 is 0 Å². The quantitative estimate of drug-likeness (QED) is 0.823. The molecule has 3 rings (SSSR count). The lowest BCUT2D eigenvalue weighted by atomic mass is 10.1. The Morgan fingerprint density at radius 3 is 2.60 bits per heavy atom. The Morgan fingerprint density at radius 2 is 2.00 bits per heavy atom. The number of benzene rings is 1. The van der Waals surface area contributed by atoms with Crippen molar-refractivity contribution >= 4 is 11.6 Å². The largest absolute Gasteiger partial charge is 0.379 e. The summed E-state index contributed by atoms with van der Waals surface area (Å²) < 4.78 is 7.06. The number of nitrogens with one attached hydrogen (secondary N) is 2. The fourth-order valence-electron chi connectivity index (χ4n) is 2.96. The van der Waals surface area contributed by atoms with Crippen LogP contribution in [0.2, 0.25) is 0 Å². The number of nitrogens with zero attached hydrogens (tertiary/aromatic N) is 3. The van der Waals surface area contributed by atoms with Gasteiger partial charge in [-0.2, -0.15) is 5.10 Å². The molecule has 1 unspecified atom stereocenters. The molecule has 0 saturated carbocycles. The number of ether oxygens (including phenoxy) is 1. The van der Waals surface area contributed by atoms with Crippen LogP contribution < -0.4 is 10.6 Å².